The lowest BCUT2D eigenvalue weighted by atomic mass is 10.2. The van der Waals surface area contributed by atoms with Crippen LogP contribution in [0.2, 0.25) is 0 Å². The Bertz CT molecular complexity index is 365. The number of nitrogens with zero attached hydrogens (tertiary/aromatic N) is 1. The summed E-state index contributed by atoms with van der Waals surface area (Å²) in [6, 6.07) is 4.89. The van der Waals surface area contributed by atoms with Crippen molar-refractivity contribution in [2.24, 2.45) is 0 Å². The van der Waals surface area contributed by atoms with Crippen LogP contribution in [0.25, 0.3) is 0 Å². The average molecular weight is 222 g/mol. The fraction of sp³-hybridized carbons (Fsp3) is 0.364. The quantitative estimate of drug-likeness (QED) is 0.780. The topological polar surface area (TPSA) is 79.3 Å². The molecule has 0 spiro atoms. The van der Waals surface area contributed by atoms with E-state index < -0.39 is 5.97 Å². The summed E-state index contributed by atoms with van der Waals surface area (Å²) in [5.41, 5.74) is 0.338. The minimum absolute atomic E-state index is 0.0453. The molecule has 1 rings (SSSR count). The molecule has 1 aromatic rings. The first-order valence-corrected chi connectivity index (χ1v) is 5.03. The van der Waals surface area contributed by atoms with E-state index >= 15 is 0 Å². The fourth-order valence-corrected chi connectivity index (χ4v) is 1.21. The number of carboxylic acid groups (broad SMARTS) is 1. The highest BCUT2D eigenvalue weighted by Gasteiger charge is 2.11. The van der Waals surface area contributed by atoms with Gasteiger partial charge >= 0.3 is 5.97 Å². The summed E-state index contributed by atoms with van der Waals surface area (Å²) in [4.78, 5) is 25.8. The minimum atomic E-state index is -0.862. The van der Waals surface area contributed by atoms with E-state index in [4.69, 9.17) is 5.11 Å². The third kappa shape index (κ3) is 4.08. The van der Waals surface area contributed by atoms with Crippen LogP contribution >= 0.6 is 0 Å². The Kier molecular flexibility index (Phi) is 4.44. The first-order valence-electron chi connectivity index (χ1n) is 5.03. The number of hydrogen-bond acceptors (Lipinski definition) is 3. The maximum Gasteiger partial charge on any atom is 0.303 e. The van der Waals surface area contributed by atoms with Crippen LogP contribution < -0.4 is 5.32 Å². The minimum Gasteiger partial charge on any atom is -0.481 e. The van der Waals surface area contributed by atoms with Crippen molar-refractivity contribution >= 4 is 11.9 Å². The first-order chi connectivity index (χ1) is 7.59. The van der Waals surface area contributed by atoms with Crippen LogP contribution in [-0.2, 0) is 4.79 Å². The lowest BCUT2D eigenvalue weighted by Crippen LogP contribution is -2.33. The van der Waals surface area contributed by atoms with Crippen LogP contribution in [0.3, 0.4) is 0 Å². The summed E-state index contributed by atoms with van der Waals surface area (Å²) >= 11 is 0. The zero-order chi connectivity index (χ0) is 12.0. The van der Waals surface area contributed by atoms with Crippen molar-refractivity contribution in [1.29, 1.82) is 0 Å². The van der Waals surface area contributed by atoms with Gasteiger partial charge in [0.1, 0.15) is 5.69 Å². The molecular formula is C11H14N2O3. The van der Waals surface area contributed by atoms with Gasteiger partial charge < -0.3 is 10.4 Å². The molecule has 0 bridgehead atoms. The lowest BCUT2D eigenvalue weighted by Gasteiger charge is -2.11. The summed E-state index contributed by atoms with van der Waals surface area (Å²) in [6.07, 6.45) is 1.99. The lowest BCUT2D eigenvalue weighted by molar-refractivity contribution is -0.137. The molecule has 0 saturated carbocycles. The number of carboxylic acids is 1. The number of hydrogen-bond donors (Lipinski definition) is 2. The summed E-state index contributed by atoms with van der Waals surface area (Å²) < 4.78 is 0. The van der Waals surface area contributed by atoms with E-state index in [0.29, 0.717) is 12.1 Å². The van der Waals surface area contributed by atoms with E-state index in [1.807, 2.05) is 0 Å². The van der Waals surface area contributed by atoms with Gasteiger partial charge in [0.25, 0.3) is 5.91 Å². The van der Waals surface area contributed by atoms with Crippen LogP contribution in [0.1, 0.15) is 30.3 Å². The Balaban J connectivity index is 2.43. The molecule has 0 unspecified atom stereocenters. The Morgan fingerprint density at radius 3 is 2.81 bits per heavy atom. The number of amides is 1. The second-order valence-electron chi connectivity index (χ2n) is 3.52. The first kappa shape index (κ1) is 12.2. The molecule has 1 amide bonds. The molecule has 2 N–H and O–H groups in total. The van der Waals surface area contributed by atoms with Gasteiger partial charge in [0.05, 0.1) is 0 Å². The zero-order valence-electron chi connectivity index (χ0n) is 9.01. The predicted octanol–water partition coefficient (Wildman–Crippen LogP) is 1.06. The third-order valence-corrected chi connectivity index (χ3v) is 2.07. The molecule has 1 atom stereocenters. The summed E-state index contributed by atoms with van der Waals surface area (Å²) in [5.74, 6) is -1.14. The Hall–Kier alpha value is -1.91. The maximum absolute atomic E-state index is 11.6. The molecule has 0 saturated heterocycles. The molecule has 0 radical (unpaired) electrons. The van der Waals surface area contributed by atoms with E-state index in [1.54, 1.807) is 25.1 Å². The van der Waals surface area contributed by atoms with E-state index in [-0.39, 0.29) is 18.4 Å². The van der Waals surface area contributed by atoms with Crippen molar-refractivity contribution in [1.82, 2.24) is 10.3 Å². The second-order valence-corrected chi connectivity index (χ2v) is 3.52. The number of nitrogens with one attached hydrogen (secondary N) is 1. The highest BCUT2D eigenvalue weighted by Crippen LogP contribution is 1.99. The molecule has 1 aromatic heterocycles. The van der Waals surface area contributed by atoms with Crippen LogP contribution in [0.5, 0.6) is 0 Å². The molecule has 86 valence electrons. The van der Waals surface area contributed by atoms with Crippen LogP contribution in [0.4, 0.5) is 0 Å². The van der Waals surface area contributed by atoms with E-state index in [0.717, 1.165) is 0 Å². The van der Waals surface area contributed by atoms with Crippen molar-refractivity contribution in [2.45, 2.75) is 25.8 Å². The van der Waals surface area contributed by atoms with E-state index in [1.165, 1.54) is 6.20 Å². The Labute approximate surface area is 93.5 Å². The Morgan fingerprint density at radius 1 is 1.50 bits per heavy atom. The summed E-state index contributed by atoms with van der Waals surface area (Å²) in [6.45, 7) is 1.77. The molecule has 0 aliphatic carbocycles. The van der Waals surface area contributed by atoms with Gasteiger partial charge in [-0.05, 0) is 25.5 Å². The van der Waals surface area contributed by atoms with Crippen LogP contribution in [0, 0.1) is 0 Å². The fourth-order valence-electron chi connectivity index (χ4n) is 1.21. The average Bonchev–Trinajstić information content (AvgIpc) is 2.27. The van der Waals surface area contributed by atoms with Crippen molar-refractivity contribution in [2.75, 3.05) is 0 Å². The summed E-state index contributed by atoms with van der Waals surface area (Å²) in [5, 5.41) is 11.2. The molecule has 0 aliphatic heterocycles. The van der Waals surface area contributed by atoms with E-state index in [9.17, 15) is 9.59 Å². The van der Waals surface area contributed by atoms with Crippen molar-refractivity contribution in [3.8, 4) is 0 Å². The van der Waals surface area contributed by atoms with Gasteiger partial charge in [-0.1, -0.05) is 6.07 Å². The molecule has 0 fully saturated rings. The number of rotatable bonds is 5. The van der Waals surface area contributed by atoms with Gasteiger partial charge in [-0.2, -0.15) is 0 Å². The Morgan fingerprint density at radius 2 is 2.25 bits per heavy atom. The molecule has 5 nitrogen and oxygen atoms in total. The SMILES string of the molecule is C[C@H](CCC(=O)O)NC(=O)c1ccccn1. The normalized spacial score (nSPS) is 11.8. The number of aliphatic carboxylic acids is 1. The highest BCUT2D eigenvalue weighted by atomic mass is 16.4. The highest BCUT2D eigenvalue weighted by molar-refractivity contribution is 5.92. The second kappa shape index (κ2) is 5.85. The largest absolute Gasteiger partial charge is 0.481 e. The number of carbonyl (C=O) groups excluding carboxylic acids is 1. The van der Waals surface area contributed by atoms with E-state index in [2.05, 4.69) is 10.3 Å². The van der Waals surface area contributed by atoms with Gasteiger partial charge in [-0.3, -0.25) is 14.6 Å². The molecule has 5 heteroatoms. The smallest absolute Gasteiger partial charge is 0.303 e. The monoisotopic (exact) mass is 222 g/mol. The van der Waals surface area contributed by atoms with Gasteiger partial charge in [0.15, 0.2) is 0 Å². The number of carbonyl (C=O) groups is 2. The molecular weight excluding hydrogens is 208 g/mol. The van der Waals surface area contributed by atoms with Crippen LogP contribution in [-0.4, -0.2) is 28.0 Å². The van der Waals surface area contributed by atoms with Crippen molar-refractivity contribution in [3.63, 3.8) is 0 Å². The zero-order valence-corrected chi connectivity index (χ0v) is 9.01. The molecule has 0 aromatic carbocycles. The number of aromatic nitrogens is 1. The molecule has 1 heterocycles. The van der Waals surface area contributed by atoms with Crippen molar-refractivity contribution in [3.05, 3.63) is 30.1 Å². The summed E-state index contributed by atoms with van der Waals surface area (Å²) in [7, 11) is 0. The van der Waals surface area contributed by atoms with Gasteiger partial charge in [-0.15, -0.1) is 0 Å². The van der Waals surface area contributed by atoms with Gasteiger partial charge in [0, 0.05) is 18.7 Å². The van der Waals surface area contributed by atoms with Crippen LogP contribution in [0.15, 0.2) is 24.4 Å². The van der Waals surface area contributed by atoms with Gasteiger partial charge in [-0.25, -0.2) is 0 Å². The predicted molar refractivity (Wildman–Crippen MR) is 58.0 cm³/mol. The molecule has 16 heavy (non-hydrogen) atoms. The standard InChI is InChI=1S/C11H14N2O3/c1-8(5-6-10(14)15)13-11(16)9-4-2-3-7-12-9/h2-4,7-8H,5-6H2,1H3,(H,13,16)(H,14,15)/t8-/m1/s1. The molecule has 0 aliphatic rings. The maximum atomic E-state index is 11.6. The third-order valence-electron chi connectivity index (χ3n) is 2.07. The van der Waals surface area contributed by atoms with Crippen molar-refractivity contribution < 1.29 is 14.7 Å². The van der Waals surface area contributed by atoms with Gasteiger partial charge in [0.2, 0.25) is 0 Å². The number of pyridine rings is 1.